The third-order valence-corrected chi connectivity index (χ3v) is 5.13. The van der Waals surface area contributed by atoms with Gasteiger partial charge in [0.05, 0.1) is 16.5 Å². The lowest BCUT2D eigenvalue weighted by atomic mass is 9.91. The zero-order valence-electron chi connectivity index (χ0n) is 15.2. The van der Waals surface area contributed by atoms with E-state index in [1.54, 1.807) is 23.4 Å². The average molecular weight is 373 g/mol. The first-order valence-electron chi connectivity index (χ1n) is 9.16. The first-order valence-corrected chi connectivity index (χ1v) is 9.16. The van der Waals surface area contributed by atoms with Crippen LogP contribution in [0.2, 0.25) is 0 Å². The second kappa shape index (κ2) is 7.60. The third-order valence-electron chi connectivity index (χ3n) is 5.13. The normalized spacial score (nSPS) is 13.8. The van der Waals surface area contributed by atoms with Gasteiger partial charge in [0.1, 0.15) is 0 Å². The molecule has 4 rings (SSSR count). The van der Waals surface area contributed by atoms with E-state index in [1.165, 1.54) is 12.1 Å². The van der Waals surface area contributed by atoms with Gasteiger partial charge >= 0.3 is 0 Å². The molecule has 28 heavy (non-hydrogen) atoms. The van der Waals surface area contributed by atoms with E-state index in [0.29, 0.717) is 25.1 Å². The van der Waals surface area contributed by atoms with Gasteiger partial charge in [-0.15, -0.1) is 0 Å². The van der Waals surface area contributed by atoms with Crippen LogP contribution < -0.4 is 4.90 Å². The molecule has 0 N–H and O–H groups in total. The highest BCUT2D eigenvalue weighted by atomic mass is 16.6. The van der Waals surface area contributed by atoms with Gasteiger partial charge in [0, 0.05) is 31.1 Å². The molecule has 0 bridgehead atoms. The van der Waals surface area contributed by atoms with Gasteiger partial charge in [-0.25, -0.2) is 0 Å². The highest BCUT2D eigenvalue weighted by molar-refractivity contribution is 6.00. The summed E-state index contributed by atoms with van der Waals surface area (Å²) in [4.78, 5) is 30.0. The lowest BCUT2D eigenvalue weighted by Gasteiger charge is -2.24. The molecule has 6 nitrogen and oxygen atoms in total. The summed E-state index contributed by atoms with van der Waals surface area (Å²) < 4.78 is 0. The number of fused-ring (bicyclic) bond motifs is 1. The van der Waals surface area contributed by atoms with Gasteiger partial charge in [0.2, 0.25) is 5.91 Å². The van der Waals surface area contributed by atoms with Crippen LogP contribution in [0.4, 0.5) is 11.4 Å². The number of rotatable bonds is 5. The molecule has 1 unspecified atom stereocenters. The Bertz CT molecular complexity index is 1010. The molecular formula is C22H19N3O3. The fourth-order valence-electron chi connectivity index (χ4n) is 3.69. The Labute approximate surface area is 162 Å². The molecular weight excluding hydrogens is 354 g/mol. The minimum absolute atomic E-state index is 0.00356. The highest BCUT2D eigenvalue weighted by Gasteiger charge is 2.32. The molecule has 140 valence electrons. The van der Waals surface area contributed by atoms with E-state index in [1.807, 2.05) is 42.5 Å². The van der Waals surface area contributed by atoms with Crippen LogP contribution in [0.5, 0.6) is 0 Å². The summed E-state index contributed by atoms with van der Waals surface area (Å²) in [6, 6.07) is 18.2. The van der Waals surface area contributed by atoms with E-state index < -0.39 is 4.92 Å². The number of nitrogens with zero attached hydrogens (tertiary/aromatic N) is 3. The molecule has 1 amide bonds. The van der Waals surface area contributed by atoms with Crippen LogP contribution in [-0.4, -0.2) is 22.4 Å². The van der Waals surface area contributed by atoms with Gasteiger partial charge in [-0.3, -0.25) is 19.9 Å². The third kappa shape index (κ3) is 3.49. The standard InChI is InChI=1S/C22H19N3O3/c26-22(24-13-10-18-6-7-19(25(27)28)15-21(18)24)20(17-4-2-1-3-5-17)14-16-8-11-23-12-9-16/h1-9,11-12,15,20H,10,13-14H2. The van der Waals surface area contributed by atoms with Gasteiger partial charge in [-0.2, -0.15) is 0 Å². The van der Waals surface area contributed by atoms with E-state index in [2.05, 4.69) is 4.98 Å². The maximum Gasteiger partial charge on any atom is 0.271 e. The maximum atomic E-state index is 13.5. The van der Waals surface area contributed by atoms with Crippen molar-refractivity contribution in [2.75, 3.05) is 11.4 Å². The minimum atomic E-state index is -0.424. The van der Waals surface area contributed by atoms with Crippen LogP contribution >= 0.6 is 0 Å². The second-order valence-corrected chi connectivity index (χ2v) is 6.83. The van der Waals surface area contributed by atoms with Crippen molar-refractivity contribution in [1.29, 1.82) is 0 Å². The number of nitro benzene ring substituents is 1. The molecule has 0 radical (unpaired) electrons. The summed E-state index contributed by atoms with van der Waals surface area (Å²) in [5.41, 5.74) is 3.58. The molecule has 0 saturated heterocycles. The van der Waals surface area contributed by atoms with Crippen LogP contribution in [0, 0.1) is 10.1 Å². The van der Waals surface area contributed by atoms with Crippen molar-refractivity contribution < 1.29 is 9.72 Å². The first kappa shape index (κ1) is 17.9. The fourth-order valence-corrected chi connectivity index (χ4v) is 3.69. The van der Waals surface area contributed by atoms with Crippen molar-refractivity contribution >= 4 is 17.3 Å². The summed E-state index contributed by atoms with van der Waals surface area (Å²) in [6.45, 7) is 0.537. The number of benzene rings is 2. The number of anilines is 1. The number of aromatic nitrogens is 1. The summed E-state index contributed by atoms with van der Waals surface area (Å²) in [7, 11) is 0. The molecule has 1 aromatic heterocycles. The number of carbonyl (C=O) groups excluding carboxylic acids is 1. The SMILES string of the molecule is O=C(C(Cc1ccncc1)c1ccccc1)N1CCc2ccc([N+](=O)[O-])cc21. The van der Waals surface area contributed by atoms with Crippen molar-refractivity contribution in [3.63, 3.8) is 0 Å². The fraction of sp³-hybridized carbons (Fsp3) is 0.182. The largest absolute Gasteiger partial charge is 0.311 e. The summed E-state index contributed by atoms with van der Waals surface area (Å²) in [5, 5.41) is 11.2. The van der Waals surface area contributed by atoms with Crippen LogP contribution in [0.25, 0.3) is 0 Å². The number of carbonyl (C=O) groups is 1. The Morgan fingerprint density at radius 3 is 2.57 bits per heavy atom. The Morgan fingerprint density at radius 1 is 1.11 bits per heavy atom. The van der Waals surface area contributed by atoms with Crippen molar-refractivity contribution in [1.82, 2.24) is 4.98 Å². The van der Waals surface area contributed by atoms with E-state index in [9.17, 15) is 14.9 Å². The van der Waals surface area contributed by atoms with Gasteiger partial charge in [-0.1, -0.05) is 36.4 Å². The average Bonchev–Trinajstić information content (AvgIpc) is 3.16. The Balaban J connectivity index is 1.69. The molecule has 1 aliphatic heterocycles. The Hall–Kier alpha value is -3.54. The zero-order chi connectivity index (χ0) is 19.5. The second-order valence-electron chi connectivity index (χ2n) is 6.83. The minimum Gasteiger partial charge on any atom is -0.311 e. The van der Waals surface area contributed by atoms with Crippen molar-refractivity contribution in [3.8, 4) is 0 Å². The van der Waals surface area contributed by atoms with Gasteiger partial charge in [0.15, 0.2) is 0 Å². The first-order chi connectivity index (χ1) is 13.6. The Kier molecular flexibility index (Phi) is 4.85. The number of non-ortho nitro benzene ring substituents is 1. The van der Waals surface area contributed by atoms with Crippen molar-refractivity contribution in [2.45, 2.75) is 18.8 Å². The lowest BCUT2D eigenvalue weighted by molar-refractivity contribution is -0.384. The monoisotopic (exact) mass is 373 g/mol. The predicted octanol–water partition coefficient (Wildman–Crippen LogP) is 3.91. The lowest BCUT2D eigenvalue weighted by Crippen LogP contribution is -2.34. The smallest absolute Gasteiger partial charge is 0.271 e. The summed E-state index contributed by atoms with van der Waals surface area (Å²) >= 11 is 0. The number of amides is 1. The predicted molar refractivity (Wildman–Crippen MR) is 106 cm³/mol. The topological polar surface area (TPSA) is 76.3 Å². The number of nitro groups is 1. The van der Waals surface area contributed by atoms with E-state index >= 15 is 0 Å². The van der Waals surface area contributed by atoms with Crippen LogP contribution in [0.1, 0.15) is 22.6 Å². The molecule has 3 aromatic rings. The number of hydrogen-bond acceptors (Lipinski definition) is 4. The van der Waals surface area contributed by atoms with E-state index in [4.69, 9.17) is 0 Å². The van der Waals surface area contributed by atoms with E-state index in [-0.39, 0.29) is 17.5 Å². The maximum absolute atomic E-state index is 13.5. The quantitative estimate of drug-likeness (QED) is 0.502. The molecule has 1 aliphatic rings. The van der Waals surface area contributed by atoms with Crippen LogP contribution in [0.15, 0.2) is 73.1 Å². The van der Waals surface area contributed by atoms with E-state index in [0.717, 1.165) is 16.7 Å². The summed E-state index contributed by atoms with van der Waals surface area (Å²) in [6.07, 6.45) is 4.69. The molecule has 1 atom stereocenters. The Morgan fingerprint density at radius 2 is 1.86 bits per heavy atom. The molecule has 0 fully saturated rings. The molecule has 0 spiro atoms. The van der Waals surface area contributed by atoms with Gasteiger partial charge in [-0.05, 0) is 41.7 Å². The molecule has 0 saturated carbocycles. The molecule has 2 heterocycles. The number of pyridine rings is 1. The van der Waals surface area contributed by atoms with Gasteiger partial charge in [0.25, 0.3) is 5.69 Å². The van der Waals surface area contributed by atoms with Crippen molar-refractivity contribution in [2.24, 2.45) is 0 Å². The number of hydrogen-bond donors (Lipinski definition) is 0. The van der Waals surface area contributed by atoms with Crippen LogP contribution in [0.3, 0.4) is 0 Å². The highest BCUT2D eigenvalue weighted by Crippen LogP contribution is 2.35. The van der Waals surface area contributed by atoms with Crippen LogP contribution in [-0.2, 0) is 17.6 Å². The zero-order valence-corrected chi connectivity index (χ0v) is 15.2. The van der Waals surface area contributed by atoms with Gasteiger partial charge < -0.3 is 4.90 Å². The molecule has 0 aliphatic carbocycles. The summed E-state index contributed by atoms with van der Waals surface area (Å²) in [5.74, 6) is -0.406. The van der Waals surface area contributed by atoms with Crippen molar-refractivity contribution in [3.05, 3.63) is 99.9 Å². The molecule has 2 aromatic carbocycles. The molecule has 6 heteroatoms.